The monoisotopic (exact) mass is 509 g/mol. The van der Waals surface area contributed by atoms with Gasteiger partial charge < -0.3 is 19.7 Å². The number of hydrogen-bond acceptors (Lipinski definition) is 7. The van der Waals surface area contributed by atoms with E-state index >= 15 is 0 Å². The van der Waals surface area contributed by atoms with Gasteiger partial charge in [-0.25, -0.2) is 18.4 Å². The second kappa shape index (κ2) is 8.98. The summed E-state index contributed by atoms with van der Waals surface area (Å²) in [5, 5.41) is 2.06. The first-order chi connectivity index (χ1) is 16.1. The fraction of sp³-hybridized carbons (Fsp3) is 0.400. The van der Waals surface area contributed by atoms with Crippen molar-refractivity contribution < 1.29 is 41.8 Å². The number of nitrogens with one attached hydrogen (secondary N) is 2. The third kappa shape index (κ3) is 4.64. The lowest BCUT2D eigenvalue weighted by molar-refractivity contribution is -0.261. The molecule has 3 atom stereocenters. The summed E-state index contributed by atoms with van der Waals surface area (Å²) in [7, 11) is -1.57. The van der Waals surface area contributed by atoms with Crippen molar-refractivity contribution in [2.75, 3.05) is 37.2 Å². The number of pyridine rings is 1. The molecule has 0 spiro atoms. The van der Waals surface area contributed by atoms with E-state index in [2.05, 4.69) is 10.3 Å². The van der Waals surface area contributed by atoms with E-state index < -0.39 is 69.5 Å². The highest BCUT2D eigenvalue weighted by molar-refractivity contribution is 7.91. The zero-order valence-corrected chi connectivity index (χ0v) is 18.9. The number of halogens is 5. The fourth-order valence-electron chi connectivity index (χ4n) is 3.48. The maximum atomic E-state index is 14.4. The summed E-state index contributed by atoms with van der Waals surface area (Å²) in [6.07, 6.45) is -4.07. The van der Waals surface area contributed by atoms with E-state index in [-0.39, 0.29) is 10.7 Å². The number of rotatable bonds is 6. The van der Waals surface area contributed by atoms with E-state index in [0.29, 0.717) is 11.0 Å². The van der Waals surface area contributed by atoms with Crippen molar-refractivity contribution in [3.8, 4) is 5.75 Å². The zero-order valence-electron chi connectivity index (χ0n) is 19.1. The average molecular weight is 509 g/mol. The number of benzene rings is 1. The van der Waals surface area contributed by atoms with E-state index in [0.717, 1.165) is 38.8 Å². The number of hydrogen-bond donors (Lipinski definition) is 2. The Kier molecular flexibility index (Phi) is 6.38. The number of ether oxygens (including phenoxy) is 2. The van der Waals surface area contributed by atoms with Gasteiger partial charge in [0.25, 0.3) is 0 Å². The first kappa shape index (κ1) is 24.1. The molecule has 14 heteroatoms. The standard InChI is InChI=1S/C20H21F5N4O4S/c1-32-17-13(5-4-12(21)16(17)22)29-10-19(33-2,20(23,24)25)9-14(29)18(30)28-11-6-7-27-15(8-11)34(3,26)31/h4-8,14,26H,9-10H2,1-3H3,(H,27,28,30)/t14-,19+,34+/m0/s1/i14D. The van der Waals surface area contributed by atoms with Gasteiger partial charge in [-0.2, -0.15) is 17.6 Å². The minimum atomic E-state index is -5.04. The van der Waals surface area contributed by atoms with Gasteiger partial charge in [0, 0.05) is 31.7 Å². The van der Waals surface area contributed by atoms with Crippen molar-refractivity contribution >= 4 is 27.0 Å². The molecule has 3 rings (SSSR count). The number of carbonyl (C=O) groups is 1. The molecule has 1 fully saturated rings. The van der Waals surface area contributed by atoms with Gasteiger partial charge in [0.05, 0.1) is 30.4 Å². The van der Waals surface area contributed by atoms with E-state index in [1.165, 1.54) is 6.07 Å². The molecular weight excluding hydrogens is 487 g/mol. The maximum Gasteiger partial charge on any atom is 0.419 e. The van der Waals surface area contributed by atoms with Crippen LogP contribution in [0, 0.1) is 16.4 Å². The number of carbonyl (C=O) groups excluding carboxylic acids is 1. The molecule has 2 aromatic rings. The van der Waals surface area contributed by atoms with Crippen LogP contribution < -0.4 is 15.0 Å². The smallest absolute Gasteiger partial charge is 0.419 e. The summed E-state index contributed by atoms with van der Waals surface area (Å²) in [4.78, 5) is 17.6. The lowest BCUT2D eigenvalue weighted by atomic mass is 9.99. The Morgan fingerprint density at radius 3 is 2.59 bits per heavy atom. The molecule has 1 aromatic heterocycles. The third-order valence-electron chi connectivity index (χ3n) is 5.28. The Bertz CT molecular complexity index is 1260. The first-order valence-electron chi connectivity index (χ1n) is 10.0. The predicted molar refractivity (Wildman–Crippen MR) is 112 cm³/mol. The second-order valence-corrected chi connectivity index (χ2v) is 9.61. The lowest BCUT2D eigenvalue weighted by Gasteiger charge is -2.31. The summed E-state index contributed by atoms with van der Waals surface area (Å²) < 4.78 is 108. The molecule has 186 valence electrons. The van der Waals surface area contributed by atoms with Gasteiger partial charge in [-0.1, -0.05) is 0 Å². The molecule has 1 aliphatic heterocycles. The summed E-state index contributed by atoms with van der Waals surface area (Å²) in [5.74, 6) is -4.94. The highest BCUT2D eigenvalue weighted by atomic mass is 32.2. The summed E-state index contributed by atoms with van der Waals surface area (Å²) in [5.41, 5.74) is -3.57. The van der Waals surface area contributed by atoms with Crippen LogP contribution in [0.15, 0.2) is 35.5 Å². The van der Waals surface area contributed by atoms with Gasteiger partial charge in [-0.05, 0) is 24.3 Å². The quantitative estimate of drug-likeness (QED) is 0.577. The average Bonchev–Trinajstić information content (AvgIpc) is 3.10. The highest BCUT2D eigenvalue weighted by Gasteiger charge is 2.63. The Hall–Kier alpha value is -3.00. The van der Waals surface area contributed by atoms with Crippen molar-refractivity contribution in [2.24, 2.45) is 0 Å². The molecule has 1 aliphatic rings. The first-order valence-corrected chi connectivity index (χ1v) is 11.5. The number of anilines is 2. The van der Waals surface area contributed by atoms with Gasteiger partial charge in [0.2, 0.25) is 11.7 Å². The van der Waals surface area contributed by atoms with Gasteiger partial charge in [0.15, 0.2) is 17.2 Å². The molecule has 1 saturated heterocycles. The highest BCUT2D eigenvalue weighted by Crippen LogP contribution is 2.47. The van der Waals surface area contributed by atoms with Crippen LogP contribution in [-0.4, -0.2) is 59.9 Å². The molecule has 1 amide bonds. The molecule has 0 unspecified atom stereocenters. The van der Waals surface area contributed by atoms with Crippen molar-refractivity contribution in [2.45, 2.75) is 29.2 Å². The third-order valence-corrected chi connectivity index (χ3v) is 6.30. The lowest BCUT2D eigenvalue weighted by Crippen LogP contribution is -2.49. The minimum Gasteiger partial charge on any atom is -0.491 e. The molecule has 8 nitrogen and oxygen atoms in total. The molecule has 0 saturated carbocycles. The van der Waals surface area contributed by atoms with Crippen LogP contribution in [0.1, 0.15) is 7.79 Å². The normalized spacial score (nSPS) is 24.9. The Morgan fingerprint density at radius 2 is 2.03 bits per heavy atom. The number of amides is 1. The molecular formula is C20H21F5N4O4S. The van der Waals surface area contributed by atoms with E-state index in [1.54, 1.807) is 0 Å². The van der Waals surface area contributed by atoms with Crippen LogP contribution in [0.2, 0.25) is 0 Å². The van der Waals surface area contributed by atoms with Crippen LogP contribution in [0.25, 0.3) is 0 Å². The van der Waals surface area contributed by atoms with E-state index in [4.69, 9.17) is 15.6 Å². The number of nitrogens with zero attached hydrogens (tertiary/aromatic N) is 2. The van der Waals surface area contributed by atoms with Crippen LogP contribution in [0.4, 0.5) is 33.3 Å². The summed E-state index contributed by atoms with van der Waals surface area (Å²) >= 11 is 0. The second-order valence-electron chi connectivity index (χ2n) is 7.50. The molecule has 2 N–H and O–H groups in total. The summed E-state index contributed by atoms with van der Waals surface area (Å²) in [6, 6.07) is 1.09. The maximum absolute atomic E-state index is 14.4. The molecule has 2 heterocycles. The largest absolute Gasteiger partial charge is 0.491 e. The topological polar surface area (TPSA) is 105 Å². The van der Waals surface area contributed by atoms with Crippen molar-refractivity contribution in [1.29, 1.82) is 4.78 Å². The zero-order chi connectivity index (χ0) is 26.4. The Balaban J connectivity index is 2.14. The van der Waals surface area contributed by atoms with Crippen LogP contribution >= 0.6 is 0 Å². The SMILES string of the molecule is [2H][C@@]1(C(=O)Nc2ccnc([S@](C)(=N)=O)c2)C[C@](OC)(C(F)(F)F)CN1c1ccc(F)c(F)c1OC. The summed E-state index contributed by atoms with van der Waals surface area (Å²) in [6.45, 7) is -1.11. The van der Waals surface area contributed by atoms with Crippen LogP contribution in [0.3, 0.4) is 0 Å². The Morgan fingerprint density at radius 1 is 1.35 bits per heavy atom. The number of methoxy groups -OCH3 is 2. The van der Waals surface area contributed by atoms with Gasteiger partial charge >= 0.3 is 6.18 Å². The number of alkyl halides is 3. The molecule has 34 heavy (non-hydrogen) atoms. The van der Waals surface area contributed by atoms with E-state index in [1.807, 2.05) is 0 Å². The molecule has 1 aromatic carbocycles. The minimum absolute atomic E-state index is 0.0902. The van der Waals surface area contributed by atoms with Gasteiger partial charge in [0.1, 0.15) is 11.0 Å². The number of aromatic nitrogens is 1. The van der Waals surface area contributed by atoms with Gasteiger partial charge in [-0.3, -0.25) is 4.79 Å². The van der Waals surface area contributed by atoms with Crippen LogP contribution in [0.5, 0.6) is 5.75 Å². The predicted octanol–water partition coefficient (Wildman–Crippen LogP) is 3.57. The van der Waals surface area contributed by atoms with Crippen LogP contribution in [-0.2, 0) is 19.3 Å². The van der Waals surface area contributed by atoms with Crippen molar-refractivity contribution in [3.05, 3.63) is 42.1 Å². The van der Waals surface area contributed by atoms with Crippen molar-refractivity contribution in [1.82, 2.24) is 4.98 Å². The van der Waals surface area contributed by atoms with E-state index in [9.17, 15) is 31.0 Å². The fourth-order valence-corrected chi connectivity index (χ4v) is 4.09. The molecule has 0 aliphatic carbocycles. The van der Waals surface area contributed by atoms with Gasteiger partial charge in [-0.15, -0.1) is 0 Å². The molecule has 0 radical (unpaired) electrons. The molecule has 0 bridgehead atoms. The Labute approximate surface area is 193 Å². The van der Waals surface area contributed by atoms with Crippen molar-refractivity contribution in [3.63, 3.8) is 0 Å².